The molecule has 1 N–H and O–H groups in total. The van der Waals surface area contributed by atoms with Crippen molar-refractivity contribution in [2.45, 2.75) is 12.8 Å². The van der Waals surface area contributed by atoms with Gasteiger partial charge in [0.05, 0.1) is 4.91 Å². The van der Waals surface area contributed by atoms with Gasteiger partial charge in [-0.25, -0.2) is 0 Å². The van der Waals surface area contributed by atoms with E-state index < -0.39 is 5.97 Å². The first-order valence-electron chi connectivity index (χ1n) is 7.48. The molecule has 1 aromatic carbocycles. The van der Waals surface area contributed by atoms with Gasteiger partial charge in [-0.15, -0.1) is 0 Å². The molecule has 1 aromatic heterocycles. The van der Waals surface area contributed by atoms with Crippen LogP contribution in [0.15, 0.2) is 35.4 Å². The van der Waals surface area contributed by atoms with Gasteiger partial charge in [-0.2, -0.15) is 0 Å². The number of thioether (sulfide) groups is 1. The molecule has 0 aliphatic carbocycles. The molecule has 0 spiro atoms. The normalized spacial score (nSPS) is 16.5. The van der Waals surface area contributed by atoms with E-state index in [0.29, 0.717) is 4.91 Å². The van der Waals surface area contributed by atoms with Crippen LogP contribution in [0.3, 0.4) is 0 Å². The number of carbonyl (C=O) groups excluding carboxylic acids is 2. The van der Waals surface area contributed by atoms with Crippen LogP contribution in [-0.2, 0) is 16.6 Å². The molecular weight excluding hydrogens is 328 g/mol. The van der Waals surface area contributed by atoms with Crippen molar-refractivity contribution in [3.05, 3.63) is 40.9 Å². The van der Waals surface area contributed by atoms with Crippen LogP contribution in [0, 0.1) is 0 Å². The molecule has 24 heavy (non-hydrogen) atoms. The van der Waals surface area contributed by atoms with Crippen molar-refractivity contribution in [3.63, 3.8) is 0 Å². The lowest BCUT2D eigenvalue weighted by Gasteiger charge is -2.10. The summed E-state index contributed by atoms with van der Waals surface area (Å²) in [6, 6.07) is 7.84. The third kappa shape index (κ3) is 3.07. The Balaban J connectivity index is 1.84. The van der Waals surface area contributed by atoms with Gasteiger partial charge < -0.3 is 9.67 Å². The van der Waals surface area contributed by atoms with Crippen molar-refractivity contribution in [2.24, 2.45) is 7.05 Å². The molecule has 7 heteroatoms. The Bertz CT molecular complexity index is 869. The van der Waals surface area contributed by atoms with Crippen LogP contribution >= 0.6 is 11.8 Å². The average Bonchev–Trinajstić information content (AvgIpc) is 2.99. The molecule has 0 saturated carbocycles. The van der Waals surface area contributed by atoms with Crippen molar-refractivity contribution < 1.29 is 19.5 Å². The summed E-state index contributed by atoms with van der Waals surface area (Å²) in [5.74, 6) is -1.29. The highest BCUT2D eigenvalue weighted by molar-refractivity contribution is 8.18. The van der Waals surface area contributed by atoms with Gasteiger partial charge in [0, 0.05) is 42.7 Å². The predicted molar refractivity (Wildman–Crippen MR) is 92.5 cm³/mol. The second-order valence-corrected chi connectivity index (χ2v) is 6.54. The largest absolute Gasteiger partial charge is 0.481 e. The number of benzene rings is 1. The van der Waals surface area contributed by atoms with Gasteiger partial charge in [-0.1, -0.05) is 18.2 Å². The van der Waals surface area contributed by atoms with E-state index >= 15 is 0 Å². The number of aryl methyl sites for hydroxylation is 1. The van der Waals surface area contributed by atoms with Crippen LogP contribution in [0.2, 0.25) is 0 Å². The Morgan fingerprint density at radius 2 is 2.04 bits per heavy atom. The van der Waals surface area contributed by atoms with E-state index in [-0.39, 0.29) is 30.5 Å². The number of aliphatic carboxylic acids is 1. The van der Waals surface area contributed by atoms with Gasteiger partial charge in [0.15, 0.2) is 0 Å². The number of hydrogen-bond donors (Lipinski definition) is 1. The Labute approximate surface area is 142 Å². The molecule has 1 aliphatic rings. The molecule has 1 saturated heterocycles. The van der Waals surface area contributed by atoms with Gasteiger partial charge in [-0.05, 0) is 30.3 Å². The first kappa shape index (κ1) is 16.3. The number of imide groups is 1. The second kappa shape index (κ2) is 6.52. The molecule has 3 rings (SSSR count). The number of carboxylic acids is 1. The second-order valence-electron chi connectivity index (χ2n) is 5.54. The predicted octanol–water partition coefficient (Wildman–Crippen LogP) is 3.08. The molecule has 6 nitrogen and oxygen atoms in total. The fourth-order valence-corrected chi connectivity index (χ4v) is 3.57. The SMILES string of the molecule is Cn1cc(C=C2SC(=O)N(CCCC(=O)O)C2=O)c2ccccc21. The molecule has 2 heterocycles. The van der Waals surface area contributed by atoms with E-state index in [9.17, 15) is 14.4 Å². The minimum Gasteiger partial charge on any atom is -0.481 e. The molecule has 2 amide bonds. The molecule has 1 aliphatic heterocycles. The summed E-state index contributed by atoms with van der Waals surface area (Å²) >= 11 is 0.895. The van der Waals surface area contributed by atoms with E-state index in [1.807, 2.05) is 42.1 Å². The van der Waals surface area contributed by atoms with Crippen LogP contribution in [-0.4, -0.2) is 38.2 Å². The number of aromatic nitrogens is 1. The lowest BCUT2D eigenvalue weighted by Crippen LogP contribution is -2.29. The summed E-state index contributed by atoms with van der Waals surface area (Å²) < 4.78 is 1.97. The maximum absolute atomic E-state index is 12.4. The zero-order valence-corrected chi connectivity index (χ0v) is 13.9. The van der Waals surface area contributed by atoms with Gasteiger partial charge >= 0.3 is 5.97 Å². The lowest BCUT2D eigenvalue weighted by molar-refractivity contribution is -0.137. The molecule has 124 valence electrons. The summed E-state index contributed by atoms with van der Waals surface area (Å²) in [4.78, 5) is 36.4. The highest BCUT2D eigenvalue weighted by atomic mass is 32.2. The van der Waals surface area contributed by atoms with Crippen LogP contribution < -0.4 is 0 Å². The highest BCUT2D eigenvalue weighted by Gasteiger charge is 2.34. The summed E-state index contributed by atoms with van der Waals surface area (Å²) in [5.41, 5.74) is 1.92. The summed E-state index contributed by atoms with van der Waals surface area (Å²) in [7, 11) is 1.93. The van der Waals surface area contributed by atoms with E-state index in [2.05, 4.69) is 0 Å². The van der Waals surface area contributed by atoms with Crippen LogP contribution in [0.5, 0.6) is 0 Å². The number of amides is 2. The molecule has 0 bridgehead atoms. The Hall–Kier alpha value is -2.54. The van der Waals surface area contributed by atoms with Gasteiger partial charge in [0.25, 0.3) is 11.1 Å². The molecule has 0 atom stereocenters. The average molecular weight is 344 g/mol. The topological polar surface area (TPSA) is 79.6 Å². The smallest absolute Gasteiger partial charge is 0.303 e. The Morgan fingerprint density at radius 1 is 1.29 bits per heavy atom. The van der Waals surface area contributed by atoms with Gasteiger partial charge in [-0.3, -0.25) is 19.3 Å². The minimum absolute atomic E-state index is 0.0654. The molecule has 2 aromatic rings. The van der Waals surface area contributed by atoms with Crippen LogP contribution in [0.1, 0.15) is 18.4 Å². The molecular formula is C17H16N2O4S. The van der Waals surface area contributed by atoms with E-state index in [0.717, 1.165) is 33.1 Å². The monoisotopic (exact) mass is 344 g/mol. The van der Waals surface area contributed by atoms with Crippen LogP contribution in [0.25, 0.3) is 17.0 Å². The third-order valence-electron chi connectivity index (χ3n) is 3.86. The number of carboxylic acid groups (broad SMARTS) is 1. The number of hydrogen-bond acceptors (Lipinski definition) is 4. The third-order valence-corrected chi connectivity index (χ3v) is 4.77. The quantitative estimate of drug-likeness (QED) is 0.843. The summed E-state index contributed by atoms with van der Waals surface area (Å²) in [6.45, 7) is 0.129. The number of fused-ring (bicyclic) bond motifs is 1. The summed E-state index contributed by atoms with van der Waals surface area (Å²) in [6.07, 6.45) is 3.84. The van der Waals surface area contributed by atoms with Crippen LogP contribution in [0.4, 0.5) is 4.79 Å². The van der Waals surface area contributed by atoms with Crippen molar-refractivity contribution >= 4 is 45.9 Å². The first-order valence-corrected chi connectivity index (χ1v) is 8.30. The van der Waals surface area contributed by atoms with Crippen molar-refractivity contribution in [1.82, 2.24) is 9.47 Å². The highest BCUT2D eigenvalue weighted by Crippen LogP contribution is 2.34. The van der Waals surface area contributed by atoms with E-state index in [1.165, 1.54) is 0 Å². The van der Waals surface area contributed by atoms with Crippen molar-refractivity contribution in [3.8, 4) is 0 Å². The fourth-order valence-electron chi connectivity index (χ4n) is 2.71. The zero-order valence-electron chi connectivity index (χ0n) is 13.1. The van der Waals surface area contributed by atoms with E-state index in [1.54, 1.807) is 6.08 Å². The number of carbonyl (C=O) groups is 3. The standard InChI is InChI=1S/C17H16N2O4S/c1-18-10-11(12-5-2-3-6-13(12)18)9-14-16(22)19(17(23)24-14)8-4-7-15(20)21/h2-3,5-6,9-10H,4,7-8H2,1H3,(H,20,21). The lowest BCUT2D eigenvalue weighted by atomic mass is 10.1. The maximum atomic E-state index is 12.4. The molecule has 0 radical (unpaired) electrons. The van der Waals surface area contributed by atoms with Crippen molar-refractivity contribution in [2.75, 3.05) is 6.54 Å². The Kier molecular flexibility index (Phi) is 4.44. The molecule has 1 fully saturated rings. The van der Waals surface area contributed by atoms with Gasteiger partial charge in [0.2, 0.25) is 0 Å². The van der Waals surface area contributed by atoms with E-state index in [4.69, 9.17) is 5.11 Å². The first-order chi connectivity index (χ1) is 11.5. The zero-order chi connectivity index (χ0) is 17.3. The molecule has 0 unspecified atom stereocenters. The summed E-state index contributed by atoms with van der Waals surface area (Å²) in [5, 5.41) is 9.32. The maximum Gasteiger partial charge on any atom is 0.303 e. The van der Waals surface area contributed by atoms with Crippen molar-refractivity contribution in [1.29, 1.82) is 0 Å². The minimum atomic E-state index is -0.937. The number of para-hydroxylation sites is 1. The number of rotatable bonds is 5. The Morgan fingerprint density at radius 3 is 2.79 bits per heavy atom. The fraction of sp³-hybridized carbons (Fsp3) is 0.235. The van der Waals surface area contributed by atoms with Gasteiger partial charge in [0.1, 0.15) is 0 Å². The number of nitrogens with zero attached hydrogens (tertiary/aromatic N) is 2.